The zero-order valence-corrected chi connectivity index (χ0v) is 12.1. The fourth-order valence-corrected chi connectivity index (χ4v) is 2.69. The van der Waals surface area contributed by atoms with Crippen molar-refractivity contribution in [3.8, 4) is 0 Å². The van der Waals surface area contributed by atoms with Crippen LogP contribution in [0.1, 0.15) is 5.69 Å². The second-order valence-corrected chi connectivity index (χ2v) is 6.69. The van der Waals surface area contributed by atoms with E-state index in [1.165, 1.54) is 14.1 Å². The Bertz CT molecular complexity index is 441. The van der Waals surface area contributed by atoms with Crippen LogP contribution in [0.4, 0.5) is 0 Å². The van der Waals surface area contributed by atoms with Gasteiger partial charge in [-0.2, -0.15) is 0 Å². The molecule has 0 N–H and O–H groups in total. The molecular formula is C7H9Br2N3O2S. The van der Waals surface area contributed by atoms with Gasteiger partial charge in [-0.15, -0.1) is 0 Å². The molecule has 84 valence electrons. The fourth-order valence-electron chi connectivity index (χ4n) is 0.824. The maximum atomic E-state index is 11.6. The molecular weight excluding hydrogens is 350 g/mol. The summed E-state index contributed by atoms with van der Waals surface area (Å²) >= 11 is 6.26. The molecule has 0 unspecified atom stereocenters. The number of hydrogen-bond acceptors (Lipinski definition) is 4. The van der Waals surface area contributed by atoms with E-state index in [0.717, 1.165) is 4.31 Å². The molecule has 0 spiro atoms. The third-order valence-corrected chi connectivity index (χ3v) is 4.14. The van der Waals surface area contributed by atoms with Crippen LogP contribution in [-0.4, -0.2) is 36.8 Å². The van der Waals surface area contributed by atoms with Crippen molar-refractivity contribution in [3.05, 3.63) is 21.1 Å². The summed E-state index contributed by atoms with van der Waals surface area (Å²) in [5, 5.41) is 0. The average Bonchev–Trinajstić information content (AvgIpc) is 1.99. The van der Waals surface area contributed by atoms with E-state index in [1.807, 2.05) is 0 Å². The standard InChI is InChI=1S/C7H9Br2N3O2S/c1-12(2)15(13,14)4-5-3-6(8)11-7(9)10-5/h3H,4H2,1-2H3. The summed E-state index contributed by atoms with van der Waals surface area (Å²) in [7, 11) is -0.310. The van der Waals surface area contributed by atoms with Crippen molar-refractivity contribution in [3.63, 3.8) is 0 Å². The van der Waals surface area contributed by atoms with Gasteiger partial charge in [0, 0.05) is 14.1 Å². The lowest BCUT2D eigenvalue weighted by Crippen LogP contribution is -2.24. The Labute approximate surface area is 105 Å². The normalized spacial score (nSPS) is 12.1. The van der Waals surface area contributed by atoms with Crippen molar-refractivity contribution >= 4 is 41.9 Å². The van der Waals surface area contributed by atoms with Gasteiger partial charge in [-0.05, 0) is 37.9 Å². The molecule has 0 aliphatic rings. The minimum absolute atomic E-state index is 0.139. The van der Waals surface area contributed by atoms with Crippen molar-refractivity contribution in [1.29, 1.82) is 0 Å². The Hall–Kier alpha value is -0.0500. The summed E-state index contributed by atoms with van der Waals surface area (Å²) in [5.41, 5.74) is 0.442. The molecule has 0 aliphatic carbocycles. The number of aromatic nitrogens is 2. The van der Waals surface area contributed by atoms with Gasteiger partial charge >= 0.3 is 0 Å². The monoisotopic (exact) mass is 357 g/mol. The maximum absolute atomic E-state index is 11.6. The molecule has 0 bridgehead atoms. The summed E-state index contributed by atoms with van der Waals surface area (Å²) in [6.45, 7) is 0. The lowest BCUT2D eigenvalue weighted by molar-refractivity contribution is 0.519. The van der Waals surface area contributed by atoms with Gasteiger partial charge in [-0.1, -0.05) is 0 Å². The Morgan fingerprint density at radius 3 is 2.40 bits per heavy atom. The van der Waals surface area contributed by atoms with Gasteiger partial charge in [0.2, 0.25) is 10.0 Å². The van der Waals surface area contributed by atoms with Gasteiger partial charge in [-0.25, -0.2) is 22.7 Å². The minimum atomic E-state index is -3.28. The van der Waals surface area contributed by atoms with Crippen molar-refractivity contribution < 1.29 is 8.42 Å². The first-order valence-corrected chi connectivity index (χ1v) is 7.10. The summed E-state index contributed by atoms with van der Waals surface area (Å²) < 4.78 is 25.2. The van der Waals surface area contributed by atoms with E-state index < -0.39 is 10.0 Å². The van der Waals surface area contributed by atoms with Crippen LogP contribution in [0.5, 0.6) is 0 Å². The molecule has 1 heterocycles. The lowest BCUT2D eigenvalue weighted by atomic mass is 10.5. The highest BCUT2D eigenvalue weighted by atomic mass is 79.9. The Balaban J connectivity index is 3.00. The molecule has 0 atom stereocenters. The highest BCUT2D eigenvalue weighted by Gasteiger charge is 2.16. The predicted molar refractivity (Wildman–Crippen MR) is 63.7 cm³/mol. The number of nitrogens with zero attached hydrogens (tertiary/aromatic N) is 3. The third kappa shape index (κ3) is 3.78. The average molecular weight is 359 g/mol. The molecule has 0 saturated carbocycles. The van der Waals surface area contributed by atoms with Gasteiger partial charge in [-0.3, -0.25) is 0 Å². The molecule has 0 radical (unpaired) electrons. The highest BCUT2D eigenvalue weighted by molar-refractivity contribution is 9.11. The van der Waals surface area contributed by atoms with Gasteiger partial charge in [0.05, 0.1) is 5.69 Å². The third-order valence-electron chi connectivity index (χ3n) is 1.61. The van der Waals surface area contributed by atoms with Crippen LogP contribution in [-0.2, 0) is 15.8 Å². The highest BCUT2D eigenvalue weighted by Crippen LogP contribution is 2.14. The number of hydrogen-bond donors (Lipinski definition) is 0. The number of halogens is 2. The molecule has 0 fully saturated rings. The van der Waals surface area contributed by atoms with Crippen LogP contribution in [0.25, 0.3) is 0 Å². The number of rotatable bonds is 3. The summed E-state index contributed by atoms with van der Waals surface area (Å²) in [6.07, 6.45) is 0. The van der Waals surface area contributed by atoms with E-state index in [0.29, 0.717) is 15.0 Å². The predicted octanol–water partition coefficient (Wildman–Crippen LogP) is 1.39. The van der Waals surface area contributed by atoms with Crippen molar-refractivity contribution in [2.24, 2.45) is 0 Å². The second-order valence-electron chi connectivity index (χ2n) is 2.99. The molecule has 15 heavy (non-hydrogen) atoms. The molecule has 1 aromatic rings. The zero-order chi connectivity index (χ0) is 11.6. The molecule has 0 aromatic carbocycles. The lowest BCUT2D eigenvalue weighted by Gasteiger charge is -2.10. The molecule has 0 saturated heterocycles. The first-order valence-electron chi connectivity index (χ1n) is 3.90. The second kappa shape index (κ2) is 4.86. The van der Waals surface area contributed by atoms with Crippen molar-refractivity contribution in [2.45, 2.75) is 5.75 Å². The van der Waals surface area contributed by atoms with E-state index in [1.54, 1.807) is 6.07 Å². The first-order chi connectivity index (χ1) is 6.81. The smallest absolute Gasteiger partial charge is 0.219 e. The summed E-state index contributed by atoms with van der Waals surface area (Å²) in [5.74, 6) is -0.139. The SMILES string of the molecule is CN(C)S(=O)(=O)Cc1cc(Br)nc(Br)n1. The van der Waals surface area contributed by atoms with Crippen molar-refractivity contribution in [2.75, 3.05) is 14.1 Å². The molecule has 1 aromatic heterocycles. The van der Waals surface area contributed by atoms with Crippen LogP contribution >= 0.6 is 31.9 Å². The van der Waals surface area contributed by atoms with Crippen LogP contribution in [0.15, 0.2) is 15.4 Å². The Kier molecular flexibility index (Phi) is 4.21. The Morgan fingerprint density at radius 2 is 1.93 bits per heavy atom. The molecule has 8 heteroatoms. The van der Waals surface area contributed by atoms with E-state index in [9.17, 15) is 8.42 Å². The summed E-state index contributed by atoms with van der Waals surface area (Å²) in [6, 6.07) is 1.58. The van der Waals surface area contributed by atoms with Crippen LogP contribution in [0, 0.1) is 0 Å². The minimum Gasteiger partial charge on any atom is -0.226 e. The van der Waals surface area contributed by atoms with Gasteiger partial charge in [0.15, 0.2) is 4.73 Å². The van der Waals surface area contributed by atoms with E-state index in [-0.39, 0.29) is 5.75 Å². The largest absolute Gasteiger partial charge is 0.226 e. The topological polar surface area (TPSA) is 63.2 Å². The van der Waals surface area contributed by atoms with Gasteiger partial charge < -0.3 is 0 Å². The fraction of sp³-hybridized carbons (Fsp3) is 0.429. The van der Waals surface area contributed by atoms with E-state index in [4.69, 9.17) is 0 Å². The van der Waals surface area contributed by atoms with Gasteiger partial charge in [0.1, 0.15) is 10.4 Å². The first kappa shape index (κ1) is 13.0. The summed E-state index contributed by atoms with van der Waals surface area (Å²) in [4.78, 5) is 7.89. The Morgan fingerprint density at radius 1 is 1.33 bits per heavy atom. The van der Waals surface area contributed by atoms with Crippen LogP contribution in [0.2, 0.25) is 0 Å². The molecule has 0 amide bonds. The van der Waals surface area contributed by atoms with Crippen LogP contribution < -0.4 is 0 Å². The maximum Gasteiger partial charge on any atom is 0.219 e. The van der Waals surface area contributed by atoms with Crippen LogP contribution in [0.3, 0.4) is 0 Å². The molecule has 1 rings (SSSR count). The molecule has 5 nitrogen and oxygen atoms in total. The molecule has 0 aliphatic heterocycles. The van der Waals surface area contributed by atoms with E-state index >= 15 is 0 Å². The van der Waals surface area contributed by atoms with E-state index in [2.05, 4.69) is 41.8 Å². The van der Waals surface area contributed by atoms with Gasteiger partial charge in [0.25, 0.3) is 0 Å². The quantitative estimate of drug-likeness (QED) is 0.605. The number of sulfonamides is 1. The zero-order valence-electron chi connectivity index (χ0n) is 8.11. The van der Waals surface area contributed by atoms with Crippen molar-refractivity contribution in [1.82, 2.24) is 14.3 Å².